The number of hydrogen-bond donors (Lipinski definition) is 0. The van der Waals surface area contributed by atoms with Gasteiger partial charge in [-0.3, -0.25) is 4.79 Å². The first kappa shape index (κ1) is 21.0. The molecule has 0 aliphatic rings. The van der Waals surface area contributed by atoms with Crippen molar-refractivity contribution in [2.24, 2.45) is 5.92 Å². The van der Waals surface area contributed by atoms with Crippen LogP contribution in [0.15, 0.2) is 39.9 Å². The molecule has 0 bridgehead atoms. The van der Waals surface area contributed by atoms with Crippen molar-refractivity contribution in [3.8, 4) is 11.1 Å². The molecular weight excluding hydrogens is 360 g/mol. The maximum absolute atomic E-state index is 12.0. The highest BCUT2D eigenvalue weighted by molar-refractivity contribution is 7.99. The van der Waals surface area contributed by atoms with Crippen molar-refractivity contribution in [1.82, 2.24) is 0 Å². The van der Waals surface area contributed by atoms with Crippen molar-refractivity contribution >= 4 is 29.1 Å². The lowest BCUT2D eigenvalue weighted by Crippen LogP contribution is -2.14. The summed E-state index contributed by atoms with van der Waals surface area (Å²) in [7, 11) is 0. The number of thioether (sulfide) groups is 1. The average molecular weight is 391 g/mol. The molecule has 1 aromatic carbocycles. The molecular formula is C22H30O2S2. The minimum Gasteiger partial charge on any atom is -0.465 e. The smallest absolute Gasteiger partial charge is 0.306 e. The van der Waals surface area contributed by atoms with Gasteiger partial charge in [0.1, 0.15) is 0 Å². The van der Waals surface area contributed by atoms with Gasteiger partial charge in [0, 0.05) is 10.6 Å². The molecule has 0 fully saturated rings. The summed E-state index contributed by atoms with van der Waals surface area (Å²) in [5.74, 6) is 1.20. The van der Waals surface area contributed by atoms with Gasteiger partial charge in [0.25, 0.3) is 0 Å². The molecule has 0 amide bonds. The Kier molecular flexibility index (Phi) is 9.27. The van der Waals surface area contributed by atoms with Crippen LogP contribution in [-0.4, -0.2) is 18.3 Å². The van der Waals surface area contributed by atoms with Crippen molar-refractivity contribution in [1.29, 1.82) is 0 Å². The molecule has 1 heterocycles. The van der Waals surface area contributed by atoms with Gasteiger partial charge in [0.2, 0.25) is 0 Å². The minimum absolute atomic E-state index is 0.0711. The van der Waals surface area contributed by atoms with Crippen molar-refractivity contribution in [3.63, 3.8) is 0 Å². The summed E-state index contributed by atoms with van der Waals surface area (Å²) in [5.41, 5.74) is 3.76. The first-order valence-corrected chi connectivity index (χ1v) is 11.5. The van der Waals surface area contributed by atoms with Crippen LogP contribution in [0, 0.1) is 12.8 Å². The third-order valence-corrected chi connectivity index (χ3v) is 6.16. The lowest BCUT2D eigenvalue weighted by Gasteiger charge is -2.14. The highest BCUT2D eigenvalue weighted by atomic mass is 32.2. The molecule has 1 aromatic heterocycles. The topological polar surface area (TPSA) is 26.3 Å². The fourth-order valence-electron chi connectivity index (χ4n) is 2.86. The Morgan fingerprint density at radius 2 is 2.08 bits per heavy atom. The predicted octanol–water partition coefficient (Wildman–Crippen LogP) is 6.97. The number of carbonyl (C=O) groups excluding carboxylic acids is 1. The molecule has 1 atom stereocenters. The summed E-state index contributed by atoms with van der Waals surface area (Å²) in [6.07, 6.45) is 5.12. The van der Waals surface area contributed by atoms with Gasteiger partial charge in [-0.25, -0.2) is 0 Å². The summed E-state index contributed by atoms with van der Waals surface area (Å²) in [6.45, 7) is 7.07. The van der Waals surface area contributed by atoms with E-state index in [1.54, 1.807) is 23.1 Å². The lowest BCUT2D eigenvalue weighted by molar-refractivity contribution is -0.144. The molecule has 0 aliphatic carbocycles. The monoisotopic (exact) mass is 390 g/mol. The van der Waals surface area contributed by atoms with Crippen LogP contribution in [0.1, 0.15) is 51.5 Å². The van der Waals surface area contributed by atoms with E-state index >= 15 is 0 Å². The summed E-state index contributed by atoms with van der Waals surface area (Å²) in [4.78, 5) is 13.2. The van der Waals surface area contributed by atoms with Gasteiger partial charge in [-0.2, -0.15) is 11.3 Å². The number of esters is 1. The molecule has 2 aromatic rings. The highest BCUT2D eigenvalue weighted by Crippen LogP contribution is 2.29. The van der Waals surface area contributed by atoms with Crippen LogP contribution >= 0.6 is 23.1 Å². The average Bonchev–Trinajstić information content (AvgIpc) is 3.16. The first-order valence-electron chi connectivity index (χ1n) is 9.55. The van der Waals surface area contributed by atoms with E-state index in [1.165, 1.54) is 34.4 Å². The van der Waals surface area contributed by atoms with E-state index in [0.717, 1.165) is 18.6 Å². The van der Waals surface area contributed by atoms with Crippen molar-refractivity contribution in [2.45, 2.75) is 57.8 Å². The maximum atomic E-state index is 12.0. The molecule has 142 valence electrons. The summed E-state index contributed by atoms with van der Waals surface area (Å²) < 4.78 is 5.49. The summed E-state index contributed by atoms with van der Waals surface area (Å²) in [5, 5.41) is 4.27. The fraction of sp³-hybridized carbons (Fsp3) is 0.500. The largest absolute Gasteiger partial charge is 0.465 e. The number of rotatable bonds is 11. The number of thiophene rings is 1. The standard InChI is InChI=1S/C22H30O2S2/c1-4-6-7-18(5-2)15-24-22(23)9-11-26-21-13-17(3)12-20(14-21)19-8-10-25-16-19/h8,10,12-14,16,18H,4-7,9,11,15H2,1-3H3. The Hall–Kier alpha value is -1.26. The second kappa shape index (κ2) is 11.5. The van der Waals surface area contributed by atoms with Gasteiger partial charge in [-0.1, -0.05) is 39.2 Å². The van der Waals surface area contributed by atoms with E-state index < -0.39 is 0 Å². The number of ether oxygens (including phenoxy) is 1. The Balaban J connectivity index is 1.77. The van der Waals surface area contributed by atoms with Gasteiger partial charge < -0.3 is 4.74 Å². The Morgan fingerprint density at radius 3 is 2.77 bits per heavy atom. The van der Waals surface area contributed by atoms with Gasteiger partial charge in [-0.15, -0.1) is 11.8 Å². The van der Waals surface area contributed by atoms with E-state index in [0.29, 0.717) is 18.9 Å². The maximum Gasteiger partial charge on any atom is 0.306 e. The Labute approximate surface area is 166 Å². The summed E-state index contributed by atoms with van der Waals surface area (Å²) in [6, 6.07) is 8.75. The zero-order chi connectivity index (χ0) is 18.8. The third-order valence-electron chi connectivity index (χ3n) is 4.50. The Morgan fingerprint density at radius 1 is 1.23 bits per heavy atom. The quantitative estimate of drug-likeness (QED) is 0.306. The van der Waals surface area contributed by atoms with Gasteiger partial charge in [0.15, 0.2) is 0 Å². The van der Waals surface area contributed by atoms with E-state index in [1.807, 2.05) is 0 Å². The predicted molar refractivity (Wildman–Crippen MR) is 114 cm³/mol. The van der Waals surface area contributed by atoms with E-state index in [-0.39, 0.29) is 5.97 Å². The van der Waals surface area contributed by atoms with Crippen LogP contribution < -0.4 is 0 Å². The van der Waals surface area contributed by atoms with Crippen LogP contribution in [-0.2, 0) is 9.53 Å². The van der Waals surface area contributed by atoms with Crippen LogP contribution in [0.5, 0.6) is 0 Å². The molecule has 0 radical (unpaired) electrons. The van der Waals surface area contributed by atoms with Crippen molar-refractivity contribution < 1.29 is 9.53 Å². The zero-order valence-corrected chi connectivity index (χ0v) is 17.8. The van der Waals surface area contributed by atoms with Crippen LogP contribution in [0.3, 0.4) is 0 Å². The molecule has 26 heavy (non-hydrogen) atoms. The number of benzene rings is 1. The van der Waals surface area contributed by atoms with E-state index in [4.69, 9.17) is 4.74 Å². The fourth-order valence-corrected chi connectivity index (χ4v) is 4.51. The second-order valence-corrected chi connectivity index (χ2v) is 8.69. The van der Waals surface area contributed by atoms with Crippen molar-refractivity contribution in [3.05, 3.63) is 40.6 Å². The first-order chi connectivity index (χ1) is 12.6. The molecule has 2 rings (SSSR count). The molecule has 4 heteroatoms. The van der Waals surface area contributed by atoms with Crippen LogP contribution in [0.2, 0.25) is 0 Å². The van der Waals surface area contributed by atoms with E-state index in [2.05, 4.69) is 55.8 Å². The number of aryl methyl sites for hydroxylation is 1. The normalized spacial score (nSPS) is 12.1. The SMILES string of the molecule is CCCCC(CC)COC(=O)CCSc1cc(C)cc(-c2ccsc2)c1. The zero-order valence-electron chi connectivity index (χ0n) is 16.1. The Bertz CT molecular complexity index is 665. The number of carbonyl (C=O) groups is 1. The summed E-state index contributed by atoms with van der Waals surface area (Å²) >= 11 is 3.45. The van der Waals surface area contributed by atoms with Gasteiger partial charge in [0.05, 0.1) is 13.0 Å². The van der Waals surface area contributed by atoms with Crippen LogP contribution in [0.4, 0.5) is 0 Å². The molecule has 0 N–H and O–H groups in total. The van der Waals surface area contributed by atoms with Crippen LogP contribution in [0.25, 0.3) is 11.1 Å². The van der Waals surface area contributed by atoms with Gasteiger partial charge in [-0.05, 0) is 64.9 Å². The molecule has 0 saturated carbocycles. The second-order valence-electron chi connectivity index (χ2n) is 6.74. The molecule has 2 nitrogen and oxygen atoms in total. The number of unbranched alkanes of at least 4 members (excludes halogenated alkanes) is 1. The minimum atomic E-state index is -0.0711. The molecule has 0 spiro atoms. The highest BCUT2D eigenvalue weighted by Gasteiger charge is 2.10. The molecule has 0 saturated heterocycles. The molecule has 0 aliphatic heterocycles. The third kappa shape index (κ3) is 7.16. The number of hydrogen-bond acceptors (Lipinski definition) is 4. The molecule has 1 unspecified atom stereocenters. The van der Waals surface area contributed by atoms with Crippen molar-refractivity contribution in [2.75, 3.05) is 12.4 Å². The van der Waals surface area contributed by atoms with Gasteiger partial charge >= 0.3 is 5.97 Å². The van der Waals surface area contributed by atoms with E-state index in [9.17, 15) is 4.79 Å². The lowest BCUT2D eigenvalue weighted by atomic mass is 10.0.